The van der Waals surface area contributed by atoms with Crippen molar-refractivity contribution in [3.63, 3.8) is 0 Å². The van der Waals surface area contributed by atoms with E-state index in [4.69, 9.17) is 10.5 Å². The number of benzene rings is 2. The first-order chi connectivity index (χ1) is 13.3. The Labute approximate surface area is 159 Å². The van der Waals surface area contributed by atoms with Gasteiger partial charge in [0.2, 0.25) is 6.23 Å². The number of hydrogen-bond acceptors (Lipinski definition) is 5. The number of anilines is 3. The Balaban J connectivity index is 1.63. The number of hydrogen-bond donors (Lipinski definition) is 1. The van der Waals surface area contributed by atoms with Crippen LogP contribution in [0.15, 0.2) is 73.1 Å². The summed E-state index contributed by atoms with van der Waals surface area (Å²) in [5.41, 5.74) is 10.6. The molecule has 2 aliphatic rings. The van der Waals surface area contributed by atoms with E-state index >= 15 is 0 Å². The number of pyridine rings is 1. The SMILES string of the molecule is NC1CCN(c2ccccc2N2c3cnccc3O[C@H]2c2ccccc2)C1. The molecule has 5 heteroatoms. The molecule has 2 aromatic carbocycles. The average Bonchev–Trinajstić information content (AvgIpc) is 3.32. The average molecular weight is 358 g/mol. The van der Waals surface area contributed by atoms with E-state index in [0.29, 0.717) is 0 Å². The standard InChI is InChI=1S/C22H22N4O/c23-17-11-13-25(15-17)18-8-4-5-9-19(18)26-20-14-24-12-10-21(20)27-22(26)16-6-2-1-3-7-16/h1-10,12,14,17,22H,11,13,15,23H2/t17?,22-/m0/s1. The molecule has 5 rings (SSSR count). The zero-order valence-electron chi connectivity index (χ0n) is 15.0. The first kappa shape index (κ1) is 16.1. The molecule has 0 saturated carbocycles. The Hall–Kier alpha value is -3.05. The van der Waals surface area contributed by atoms with Gasteiger partial charge in [-0.25, -0.2) is 0 Å². The summed E-state index contributed by atoms with van der Waals surface area (Å²) < 4.78 is 6.34. The fraction of sp³-hybridized carbons (Fsp3) is 0.227. The van der Waals surface area contributed by atoms with E-state index in [9.17, 15) is 0 Å². The van der Waals surface area contributed by atoms with Crippen molar-refractivity contribution in [2.75, 3.05) is 22.9 Å². The molecule has 3 aromatic rings. The van der Waals surface area contributed by atoms with Crippen LogP contribution in [0.1, 0.15) is 18.2 Å². The molecule has 0 bridgehead atoms. The van der Waals surface area contributed by atoms with Gasteiger partial charge in [-0.1, -0.05) is 42.5 Å². The molecule has 1 aromatic heterocycles. The molecule has 3 heterocycles. The van der Waals surface area contributed by atoms with Crippen molar-refractivity contribution < 1.29 is 4.74 Å². The molecule has 0 amide bonds. The lowest BCUT2D eigenvalue weighted by Gasteiger charge is -2.30. The van der Waals surface area contributed by atoms with Crippen LogP contribution in [0.4, 0.5) is 17.1 Å². The minimum Gasteiger partial charge on any atom is -0.464 e. The Morgan fingerprint density at radius 1 is 0.926 bits per heavy atom. The van der Waals surface area contributed by atoms with Gasteiger partial charge in [-0.3, -0.25) is 9.88 Å². The zero-order chi connectivity index (χ0) is 18.2. The minimum atomic E-state index is -0.220. The third-order valence-corrected chi connectivity index (χ3v) is 5.29. The van der Waals surface area contributed by atoms with Gasteiger partial charge in [-0.15, -0.1) is 0 Å². The van der Waals surface area contributed by atoms with Crippen molar-refractivity contribution in [3.05, 3.63) is 78.6 Å². The molecule has 1 saturated heterocycles. The monoisotopic (exact) mass is 358 g/mol. The van der Waals surface area contributed by atoms with E-state index < -0.39 is 0 Å². The molecule has 0 radical (unpaired) electrons. The van der Waals surface area contributed by atoms with Crippen LogP contribution in [0.2, 0.25) is 0 Å². The Morgan fingerprint density at radius 3 is 2.48 bits per heavy atom. The zero-order valence-corrected chi connectivity index (χ0v) is 15.0. The van der Waals surface area contributed by atoms with Crippen LogP contribution >= 0.6 is 0 Å². The molecule has 0 aliphatic carbocycles. The van der Waals surface area contributed by atoms with Crippen LogP contribution in [0.5, 0.6) is 5.75 Å². The van der Waals surface area contributed by atoms with Gasteiger partial charge in [0.25, 0.3) is 0 Å². The number of fused-ring (bicyclic) bond motifs is 1. The topological polar surface area (TPSA) is 54.6 Å². The van der Waals surface area contributed by atoms with E-state index in [0.717, 1.165) is 42.2 Å². The van der Waals surface area contributed by atoms with Crippen molar-refractivity contribution in [2.45, 2.75) is 18.7 Å². The molecule has 2 N–H and O–H groups in total. The molecule has 2 aliphatic heterocycles. The second kappa shape index (κ2) is 6.59. The predicted molar refractivity (Wildman–Crippen MR) is 107 cm³/mol. The van der Waals surface area contributed by atoms with E-state index in [1.165, 1.54) is 5.69 Å². The smallest absolute Gasteiger partial charge is 0.203 e. The number of aromatic nitrogens is 1. The lowest BCUT2D eigenvalue weighted by Crippen LogP contribution is -2.29. The maximum absolute atomic E-state index is 6.34. The molecule has 136 valence electrons. The number of nitrogens with two attached hydrogens (primary N) is 1. The highest BCUT2D eigenvalue weighted by atomic mass is 16.5. The highest BCUT2D eigenvalue weighted by molar-refractivity contribution is 5.81. The Kier molecular flexibility index (Phi) is 3.94. The van der Waals surface area contributed by atoms with Gasteiger partial charge in [0, 0.05) is 37.0 Å². The summed E-state index contributed by atoms with van der Waals surface area (Å²) in [7, 11) is 0. The molecule has 2 atom stereocenters. The summed E-state index contributed by atoms with van der Waals surface area (Å²) in [6.07, 6.45) is 4.45. The first-order valence-corrected chi connectivity index (χ1v) is 9.35. The third kappa shape index (κ3) is 2.80. The fourth-order valence-corrected chi connectivity index (χ4v) is 3.99. The second-order valence-corrected chi connectivity index (χ2v) is 7.08. The summed E-state index contributed by atoms with van der Waals surface area (Å²) in [6.45, 7) is 1.85. The van der Waals surface area contributed by atoms with Crippen molar-refractivity contribution >= 4 is 17.1 Å². The van der Waals surface area contributed by atoms with E-state index in [1.54, 1.807) is 6.20 Å². The van der Waals surface area contributed by atoms with Crippen molar-refractivity contribution in [2.24, 2.45) is 5.73 Å². The normalized spacial score (nSPS) is 21.2. The molecule has 5 nitrogen and oxygen atoms in total. The van der Waals surface area contributed by atoms with Crippen molar-refractivity contribution in [1.82, 2.24) is 4.98 Å². The van der Waals surface area contributed by atoms with Gasteiger partial charge >= 0.3 is 0 Å². The van der Waals surface area contributed by atoms with Crippen molar-refractivity contribution in [1.29, 1.82) is 0 Å². The van der Waals surface area contributed by atoms with Crippen LogP contribution in [-0.4, -0.2) is 24.1 Å². The highest BCUT2D eigenvalue weighted by Crippen LogP contribution is 2.49. The van der Waals surface area contributed by atoms with Gasteiger partial charge in [0.05, 0.1) is 17.6 Å². The Bertz CT molecular complexity index is 946. The minimum absolute atomic E-state index is 0.220. The molecule has 27 heavy (non-hydrogen) atoms. The van der Waals surface area contributed by atoms with Gasteiger partial charge in [0.15, 0.2) is 0 Å². The molecule has 1 unspecified atom stereocenters. The first-order valence-electron chi connectivity index (χ1n) is 9.35. The lowest BCUT2D eigenvalue weighted by molar-refractivity contribution is 0.240. The lowest BCUT2D eigenvalue weighted by atomic mass is 10.1. The van der Waals surface area contributed by atoms with Crippen LogP contribution < -0.4 is 20.3 Å². The van der Waals surface area contributed by atoms with Crippen LogP contribution in [0.25, 0.3) is 0 Å². The fourth-order valence-electron chi connectivity index (χ4n) is 3.99. The number of rotatable bonds is 3. The maximum Gasteiger partial charge on any atom is 0.203 e. The van der Waals surface area contributed by atoms with Crippen LogP contribution in [-0.2, 0) is 0 Å². The van der Waals surface area contributed by atoms with E-state index in [-0.39, 0.29) is 12.3 Å². The van der Waals surface area contributed by atoms with Gasteiger partial charge in [0.1, 0.15) is 11.4 Å². The summed E-state index contributed by atoms with van der Waals surface area (Å²) in [4.78, 5) is 8.96. The molecular weight excluding hydrogens is 336 g/mol. The predicted octanol–water partition coefficient (Wildman–Crippen LogP) is 3.85. The molecule has 0 spiro atoms. The number of nitrogens with zero attached hydrogens (tertiary/aromatic N) is 3. The summed E-state index contributed by atoms with van der Waals surface area (Å²) in [5.74, 6) is 0.853. The van der Waals surface area contributed by atoms with E-state index in [2.05, 4.69) is 51.2 Å². The van der Waals surface area contributed by atoms with Gasteiger partial charge in [-0.2, -0.15) is 0 Å². The van der Waals surface area contributed by atoms with Crippen LogP contribution in [0, 0.1) is 0 Å². The quantitative estimate of drug-likeness (QED) is 0.771. The maximum atomic E-state index is 6.34. The van der Waals surface area contributed by atoms with Crippen LogP contribution in [0.3, 0.4) is 0 Å². The summed E-state index contributed by atoms with van der Waals surface area (Å²) >= 11 is 0. The van der Waals surface area contributed by atoms with Crippen molar-refractivity contribution in [3.8, 4) is 5.75 Å². The number of para-hydroxylation sites is 2. The number of ether oxygens (including phenoxy) is 1. The highest BCUT2D eigenvalue weighted by Gasteiger charge is 2.35. The van der Waals surface area contributed by atoms with Gasteiger partial charge in [-0.05, 0) is 18.6 Å². The molecular formula is C22H22N4O. The Morgan fingerprint density at radius 2 is 1.70 bits per heavy atom. The molecule has 1 fully saturated rings. The van der Waals surface area contributed by atoms with E-state index in [1.807, 2.05) is 30.5 Å². The summed E-state index contributed by atoms with van der Waals surface area (Å²) in [5, 5.41) is 0. The van der Waals surface area contributed by atoms with Gasteiger partial charge < -0.3 is 15.4 Å². The second-order valence-electron chi connectivity index (χ2n) is 7.08. The largest absolute Gasteiger partial charge is 0.464 e. The summed E-state index contributed by atoms with van der Waals surface area (Å²) in [6, 6.07) is 21.0. The third-order valence-electron chi connectivity index (χ3n) is 5.29.